The molecule has 6 heteroatoms. The second-order valence-corrected chi connectivity index (χ2v) is 3.82. The van der Waals surface area contributed by atoms with Gasteiger partial charge < -0.3 is 15.5 Å². The molecular weight excluding hydrogens is 278 g/mol. The van der Waals surface area contributed by atoms with Gasteiger partial charge in [0.25, 0.3) is 0 Å². The van der Waals surface area contributed by atoms with E-state index < -0.39 is 5.97 Å². The van der Waals surface area contributed by atoms with Gasteiger partial charge in [-0.25, -0.2) is 4.79 Å². The number of carboxylic acid groups (broad SMARTS) is 1. The van der Waals surface area contributed by atoms with Gasteiger partial charge in [-0.2, -0.15) is 0 Å². The summed E-state index contributed by atoms with van der Waals surface area (Å²) >= 11 is 3.10. The van der Waals surface area contributed by atoms with Gasteiger partial charge in [0.2, 0.25) is 5.91 Å². The summed E-state index contributed by atoms with van der Waals surface area (Å²) < 4.78 is 0. The molecule has 0 unspecified atom stereocenters. The molecule has 0 aliphatic rings. The summed E-state index contributed by atoms with van der Waals surface area (Å²) in [6.07, 6.45) is 0.247. The Morgan fingerprint density at radius 1 is 1.38 bits per heavy atom. The molecule has 1 aromatic carbocycles. The zero-order valence-electron chi connectivity index (χ0n) is 8.24. The monoisotopic (exact) mass is 287 g/mol. The molecule has 0 heterocycles. The first-order valence-corrected chi connectivity index (χ1v) is 5.59. The molecule has 0 bridgehead atoms. The zero-order valence-corrected chi connectivity index (χ0v) is 9.82. The second-order valence-electron chi connectivity index (χ2n) is 3.02. The molecule has 0 radical (unpaired) electrons. The third kappa shape index (κ3) is 3.23. The maximum atomic E-state index is 11.2. The van der Waals surface area contributed by atoms with Crippen molar-refractivity contribution in [2.24, 2.45) is 0 Å². The van der Waals surface area contributed by atoms with Crippen molar-refractivity contribution < 1.29 is 19.8 Å². The van der Waals surface area contributed by atoms with Gasteiger partial charge in [0.15, 0.2) is 0 Å². The number of rotatable bonds is 4. The number of carboxylic acids is 1. The summed E-state index contributed by atoms with van der Waals surface area (Å²) in [5.74, 6) is -1.57. The van der Waals surface area contributed by atoms with E-state index in [1.807, 2.05) is 0 Å². The van der Waals surface area contributed by atoms with Crippen molar-refractivity contribution in [1.82, 2.24) is 0 Å². The number of aromatic carboxylic acids is 1. The van der Waals surface area contributed by atoms with Crippen LogP contribution in [-0.2, 0) is 4.79 Å². The largest absolute Gasteiger partial charge is 0.506 e. The van der Waals surface area contributed by atoms with E-state index in [0.29, 0.717) is 5.33 Å². The van der Waals surface area contributed by atoms with Gasteiger partial charge in [-0.05, 0) is 18.2 Å². The summed E-state index contributed by atoms with van der Waals surface area (Å²) in [6, 6.07) is 3.70. The first-order valence-electron chi connectivity index (χ1n) is 4.46. The molecule has 86 valence electrons. The van der Waals surface area contributed by atoms with Crippen molar-refractivity contribution in [2.75, 3.05) is 10.6 Å². The van der Waals surface area contributed by atoms with E-state index in [1.54, 1.807) is 0 Å². The number of halogens is 1. The molecule has 0 saturated heterocycles. The number of benzene rings is 1. The van der Waals surface area contributed by atoms with E-state index in [-0.39, 0.29) is 29.3 Å². The number of hydrogen-bond donors (Lipinski definition) is 3. The van der Waals surface area contributed by atoms with Crippen LogP contribution in [0.3, 0.4) is 0 Å². The van der Waals surface area contributed by atoms with Crippen LogP contribution < -0.4 is 5.32 Å². The Kier molecular flexibility index (Phi) is 4.30. The standard InChI is InChI=1S/C10H10BrNO4/c11-4-3-9(14)12-7-5-6(10(15)16)1-2-8(7)13/h1-2,5,13H,3-4H2,(H,12,14)(H,15,16). The second kappa shape index (κ2) is 5.50. The molecule has 1 amide bonds. The Labute approximate surface area is 100 Å². The Morgan fingerprint density at radius 3 is 2.62 bits per heavy atom. The van der Waals surface area contributed by atoms with Crippen molar-refractivity contribution in [3.05, 3.63) is 23.8 Å². The van der Waals surface area contributed by atoms with Gasteiger partial charge in [0.1, 0.15) is 5.75 Å². The molecule has 16 heavy (non-hydrogen) atoms. The lowest BCUT2D eigenvalue weighted by Gasteiger charge is -2.07. The number of nitrogens with one attached hydrogen (secondary N) is 1. The van der Waals surface area contributed by atoms with Crippen LogP contribution in [0.2, 0.25) is 0 Å². The summed E-state index contributed by atoms with van der Waals surface area (Å²) in [5.41, 5.74) is 0.109. The van der Waals surface area contributed by atoms with E-state index in [2.05, 4.69) is 21.2 Å². The van der Waals surface area contributed by atoms with E-state index >= 15 is 0 Å². The summed E-state index contributed by atoms with van der Waals surface area (Å²) in [5, 5.41) is 21.1. The Hall–Kier alpha value is -1.56. The summed E-state index contributed by atoms with van der Waals surface area (Å²) in [4.78, 5) is 21.9. The minimum atomic E-state index is -1.11. The third-order valence-electron chi connectivity index (χ3n) is 1.84. The minimum Gasteiger partial charge on any atom is -0.506 e. The Morgan fingerprint density at radius 2 is 2.06 bits per heavy atom. The van der Waals surface area contributed by atoms with Crippen molar-refractivity contribution >= 4 is 33.5 Å². The van der Waals surface area contributed by atoms with Crippen LogP contribution in [0.5, 0.6) is 5.75 Å². The SMILES string of the molecule is O=C(CCBr)Nc1cc(C(=O)O)ccc1O. The van der Waals surface area contributed by atoms with Crippen molar-refractivity contribution in [3.63, 3.8) is 0 Å². The molecule has 1 aromatic rings. The van der Waals surface area contributed by atoms with Gasteiger partial charge in [0.05, 0.1) is 11.3 Å². The molecule has 0 fully saturated rings. The third-order valence-corrected chi connectivity index (χ3v) is 2.24. The topological polar surface area (TPSA) is 86.6 Å². The number of hydrogen-bond acceptors (Lipinski definition) is 3. The van der Waals surface area contributed by atoms with Crippen LogP contribution >= 0.6 is 15.9 Å². The lowest BCUT2D eigenvalue weighted by Crippen LogP contribution is -2.12. The zero-order chi connectivity index (χ0) is 12.1. The minimum absolute atomic E-state index is 0.00643. The average Bonchev–Trinajstić information content (AvgIpc) is 2.21. The van der Waals surface area contributed by atoms with Crippen LogP contribution in [0.1, 0.15) is 16.8 Å². The van der Waals surface area contributed by atoms with E-state index in [9.17, 15) is 14.7 Å². The number of anilines is 1. The highest BCUT2D eigenvalue weighted by Crippen LogP contribution is 2.24. The van der Waals surface area contributed by atoms with Crippen molar-refractivity contribution in [1.29, 1.82) is 0 Å². The van der Waals surface area contributed by atoms with Crippen LogP contribution in [0.25, 0.3) is 0 Å². The summed E-state index contributed by atoms with van der Waals surface area (Å²) in [7, 11) is 0. The van der Waals surface area contributed by atoms with Gasteiger partial charge >= 0.3 is 5.97 Å². The first kappa shape index (κ1) is 12.5. The molecule has 0 aromatic heterocycles. The van der Waals surface area contributed by atoms with Crippen LogP contribution in [0, 0.1) is 0 Å². The molecule has 0 aliphatic carbocycles. The lowest BCUT2D eigenvalue weighted by molar-refractivity contribution is -0.115. The molecule has 5 nitrogen and oxygen atoms in total. The van der Waals surface area contributed by atoms with Crippen LogP contribution in [0.4, 0.5) is 5.69 Å². The van der Waals surface area contributed by atoms with Gasteiger partial charge in [-0.1, -0.05) is 15.9 Å². The maximum absolute atomic E-state index is 11.2. The highest BCUT2D eigenvalue weighted by Gasteiger charge is 2.09. The van der Waals surface area contributed by atoms with Gasteiger partial charge in [0, 0.05) is 11.8 Å². The van der Waals surface area contributed by atoms with E-state index in [1.165, 1.54) is 18.2 Å². The van der Waals surface area contributed by atoms with Crippen LogP contribution in [0.15, 0.2) is 18.2 Å². The fourth-order valence-electron chi connectivity index (χ4n) is 1.07. The Bertz CT molecular complexity index is 419. The van der Waals surface area contributed by atoms with E-state index in [4.69, 9.17) is 5.11 Å². The molecule has 0 spiro atoms. The highest BCUT2D eigenvalue weighted by atomic mass is 79.9. The quantitative estimate of drug-likeness (QED) is 0.582. The Balaban J connectivity index is 2.90. The number of aromatic hydroxyl groups is 1. The first-order chi connectivity index (χ1) is 7.54. The molecule has 1 rings (SSSR count). The van der Waals surface area contributed by atoms with E-state index in [0.717, 1.165) is 0 Å². The summed E-state index contributed by atoms with van der Waals surface area (Å²) in [6.45, 7) is 0. The highest BCUT2D eigenvalue weighted by molar-refractivity contribution is 9.09. The fraction of sp³-hybridized carbons (Fsp3) is 0.200. The number of carbonyl (C=O) groups excluding carboxylic acids is 1. The maximum Gasteiger partial charge on any atom is 0.335 e. The van der Waals surface area contributed by atoms with Gasteiger partial charge in [-0.15, -0.1) is 0 Å². The number of phenolic OH excluding ortho intramolecular Hbond substituents is 1. The number of amides is 1. The van der Waals surface area contributed by atoms with Crippen LogP contribution in [-0.4, -0.2) is 27.4 Å². The number of phenols is 1. The predicted molar refractivity (Wildman–Crippen MR) is 62.1 cm³/mol. The normalized spacial score (nSPS) is 9.81. The molecule has 3 N–H and O–H groups in total. The molecule has 0 atom stereocenters. The smallest absolute Gasteiger partial charge is 0.335 e. The predicted octanol–water partition coefficient (Wildman–Crippen LogP) is 1.81. The molecule has 0 saturated carbocycles. The van der Waals surface area contributed by atoms with Gasteiger partial charge in [-0.3, -0.25) is 4.79 Å². The number of carbonyl (C=O) groups is 2. The van der Waals surface area contributed by atoms with Crippen molar-refractivity contribution in [2.45, 2.75) is 6.42 Å². The molecular formula is C10H10BrNO4. The molecule has 0 aliphatic heterocycles. The average molecular weight is 288 g/mol. The number of alkyl halides is 1. The van der Waals surface area contributed by atoms with Crippen molar-refractivity contribution in [3.8, 4) is 5.75 Å². The lowest BCUT2D eigenvalue weighted by atomic mass is 10.2. The fourth-order valence-corrected chi connectivity index (χ4v) is 1.43.